The van der Waals surface area contributed by atoms with Crippen LogP contribution in [0.25, 0.3) is 11.0 Å². The third kappa shape index (κ3) is 3.69. The first kappa shape index (κ1) is 20.2. The monoisotopic (exact) mass is 428 g/mol. The van der Waals surface area contributed by atoms with Crippen molar-refractivity contribution in [1.29, 1.82) is 0 Å². The van der Waals surface area contributed by atoms with Crippen LogP contribution in [-0.4, -0.2) is 22.9 Å². The Morgan fingerprint density at radius 1 is 1.03 bits per heavy atom. The zero-order valence-corrected chi connectivity index (χ0v) is 18.8. The quantitative estimate of drug-likeness (QED) is 0.512. The molecule has 1 aromatic heterocycles. The largest absolute Gasteiger partial charge is 0.369 e. The molecule has 4 aliphatic carbocycles. The second-order valence-corrected chi connectivity index (χ2v) is 10.5. The third-order valence-corrected chi connectivity index (χ3v) is 8.44. The van der Waals surface area contributed by atoms with Crippen molar-refractivity contribution in [1.82, 2.24) is 9.97 Å². The Bertz CT molecular complexity index is 1090. The van der Waals surface area contributed by atoms with Crippen LogP contribution in [0.15, 0.2) is 48.5 Å². The van der Waals surface area contributed by atoms with Gasteiger partial charge in [0.1, 0.15) is 17.7 Å². The number of fused-ring (bicyclic) bond motifs is 1. The highest BCUT2D eigenvalue weighted by Gasteiger charge is 2.48. The SMILES string of the molecule is COC(c1ccccc1)c1nc2ccc(CC(=O)CC3C4CC5CC(C4)CC3C5)cc2[nH]1. The first-order valence-electron chi connectivity index (χ1n) is 12.2. The number of Topliss-reactive ketones (excluding diaryl/α,β-unsaturated/α-hetero) is 1. The van der Waals surface area contributed by atoms with Crippen molar-refractivity contribution >= 4 is 16.8 Å². The van der Waals surface area contributed by atoms with E-state index in [2.05, 4.69) is 29.2 Å². The van der Waals surface area contributed by atoms with Crippen molar-refractivity contribution < 1.29 is 9.53 Å². The molecule has 1 heterocycles. The number of ether oxygens (including phenoxy) is 1. The van der Waals surface area contributed by atoms with Crippen LogP contribution >= 0.6 is 0 Å². The first-order valence-corrected chi connectivity index (χ1v) is 12.2. The van der Waals surface area contributed by atoms with Gasteiger partial charge in [-0.1, -0.05) is 36.4 Å². The minimum Gasteiger partial charge on any atom is -0.369 e. The number of imidazole rings is 1. The molecule has 4 heteroatoms. The molecule has 3 aromatic rings. The number of hydrogen-bond donors (Lipinski definition) is 1. The highest BCUT2D eigenvalue weighted by molar-refractivity contribution is 5.83. The summed E-state index contributed by atoms with van der Waals surface area (Å²) < 4.78 is 5.73. The van der Waals surface area contributed by atoms with Crippen LogP contribution in [0.3, 0.4) is 0 Å². The predicted molar refractivity (Wildman–Crippen MR) is 125 cm³/mol. The minimum atomic E-state index is -0.231. The number of carbonyl (C=O) groups excluding carboxylic acids is 1. The zero-order valence-electron chi connectivity index (χ0n) is 18.8. The molecule has 32 heavy (non-hydrogen) atoms. The molecule has 0 radical (unpaired) electrons. The Morgan fingerprint density at radius 2 is 1.75 bits per heavy atom. The van der Waals surface area contributed by atoms with Crippen LogP contribution in [0, 0.1) is 29.6 Å². The lowest BCUT2D eigenvalue weighted by molar-refractivity contribution is -0.123. The summed E-state index contributed by atoms with van der Waals surface area (Å²) in [4.78, 5) is 21.2. The summed E-state index contributed by atoms with van der Waals surface area (Å²) in [5.41, 5.74) is 4.03. The van der Waals surface area contributed by atoms with Gasteiger partial charge in [-0.25, -0.2) is 4.98 Å². The van der Waals surface area contributed by atoms with Gasteiger partial charge in [-0.3, -0.25) is 4.79 Å². The number of hydrogen-bond acceptors (Lipinski definition) is 3. The lowest BCUT2D eigenvalue weighted by atomic mass is 9.51. The Kier molecular flexibility index (Phi) is 5.14. The van der Waals surface area contributed by atoms with Crippen LogP contribution in [0.2, 0.25) is 0 Å². The van der Waals surface area contributed by atoms with Gasteiger partial charge in [0.2, 0.25) is 0 Å². The highest BCUT2D eigenvalue weighted by atomic mass is 16.5. The van der Waals surface area contributed by atoms with Crippen LogP contribution in [0.1, 0.15) is 61.6 Å². The molecule has 0 aliphatic heterocycles. The molecule has 166 valence electrons. The molecule has 1 N–H and O–H groups in total. The number of carbonyl (C=O) groups is 1. The lowest BCUT2D eigenvalue weighted by Gasteiger charge is -2.54. The molecule has 0 spiro atoms. The Balaban J connectivity index is 1.16. The third-order valence-electron chi connectivity index (χ3n) is 8.44. The smallest absolute Gasteiger partial charge is 0.141 e. The Morgan fingerprint density at radius 3 is 2.44 bits per heavy atom. The lowest BCUT2D eigenvalue weighted by Crippen LogP contribution is -2.45. The van der Waals surface area contributed by atoms with Crippen LogP contribution in [0.4, 0.5) is 0 Å². The number of benzene rings is 2. The van der Waals surface area contributed by atoms with E-state index in [1.54, 1.807) is 7.11 Å². The highest BCUT2D eigenvalue weighted by Crippen LogP contribution is 2.57. The number of methoxy groups -OCH3 is 1. The molecular formula is C28H32N2O2. The van der Waals surface area contributed by atoms with Crippen molar-refractivity contribution in [2.75, 3.05) is 7.11 Å². The summed E-state index contributed by atoms with van der Waals surface area (Å²) in [5, 5.41) is 0. The fourth-order valence-corrected chi connectivity index (χ4v) is 7.28. The summed E-state index contributed by atoms with van der Waals surface area (Å²) in [6.45, 7) is 0. The van der Waals surface area contributed by atoms with Crippen LogP contribution < -0.4 is 0 Å². The number of nitrogens with zero attached hydrogens (tertiary/aromatic N) is 1. The molecule has 0 amide bonds. The second-order valence-electron chi connectivity index (χ2n) is 10.5. The number of ketones is 1. The van der Waals surface area contributed by atoms with Gasteiger partial charge in [-0.15, -0.1) is 0 Å². The van der Waals surface area contributed by atoms with E-state index in [1.807, 2.05) is 24.3 Å². The van der Waals surface area contributed by atoms with Crippen molar-refractivity contribution in [3.05, 3.63) is 65.5 Å². The van der Waals surface area contributed by atoms with Crippen LogP contribution in [0.5, 0.6) is 0 Å². The molecule has 4 fully saturated rings. The van der Waals surface area contributed by atoms with E-state index < -0.39 is 0 Å². The number of H-pyrrole nitrogens is 1. The number of aromatic amines is 1. The second kappa shape index (κ2) is 8.15. The maximum absolute atomic E-state index is 13.0. The summed E-state index contributed by atoms with van der Waals surface area (Å²) >= 11 is 0. The molecule has 4 bridgehead atoms. The molecular weight excluding hydrogens is 396 g/mol. The number of nitrogens with one attached hydrogen (secondary N) is 1. The maximum Gasteiger partial charge on any atom is 0.141 e. The Labute approximate surface area is 189 Å². The standard InChI is InChI=1S/C28H32N2O2/c1-32-27(20-5-3-2-4-6-20)28-29-25-8-7-17(15-26(25)30-28)14-23(31)16-24-21-10-18-9-19(12-21)13-22(24)11-18/h2-8,15,18-19,21-22,24,27H,9-14,16H2,1H3,(H,29,30). The van der Waals surface area contributed by atoms with Gasteiger partial charge < -0.3 is 9.72 Å². The molecule has 4 nitrogen and oxygen atoms in total. The van der Waals surface area contributed by atoms with Crippen molar-refractivity contribution in [2.45, 2.75) is 51.0 Å². The molecule has 4 aliphatic rings. The van der Waals surface area contributed by atoms with Crippen molar-refractivity contribution in [3.8, 4) is 0 Å². The molecule has 1 unspecified atom stereocenters. The van der Waals surface area contributed by atoms with Crippen molar-refractivity contribution in [2.24, 2.45) is 29.6 Å². The van der Waals surface area contributed by atoms with E-state index >= 15 is 0 Å². The van der Waals surface area contributed by atoms with E-state index in [9.17, 15) is 4.79 Å². The van der Waals surface area contributed by atoms with Gasteiger partial charge in [-0.05, 0) is 85.0 Å². The number of aromatic nitrogens is 2. The van der Waals surface area contributed by atoms with E-state index in [0.717, 1.165) is 58.1 Å². The van der Waals surface area contributed by atoms with Gasteiger partial charge in [0.05, 0.1) is 11.0 Å². The topological polar surface area (TPSA) is 55.0 Å². The van der Waals surface area contributed by atoms with Gasteiger partial charge in [0.25, 0.3) is 0 Å². The first-order chi connectivity index (χ1) is 15.7. The predicted octanol–water partition coefficient (Wildman–Crippen LogP) is 5.87. The van der Waals surface area contributed by atoms with E-state index in [1.165, 1.54) is 32.1 Å². The maximum atomic E-state index is 13.0. The summed E-state index contributed by atoms with van der Waals surface area (Å²) in [6.07, 6.45) is 8.08. The molecule has 4 saturated carbocycles. The van der Waals surface area contributed by atoms with Gasteiger partial charge in [0.15, 0.2) is 0 Å². The molecule has 7 rings (SSSR count). The van der Waals surface area contributed by atoms with Gasteiger partial charge in [0, 0.05) is 20.0 Å². The molecule has 2 aromatic carbocycles. The Hall–Kier alpha value is -2.46. The summed E-state index contributed by atoms with van der Waals surface area (Å²) in [5.74, 6) is 5.41. The van der Waals surface area contributed by atoms with E-state index in [0.29, 0.717) is 18.1 Å². The molecule has 1 atom stereocenters. The normalized spacial score (nSPS) is 29.5. The van der Waals surface area contributed by atoms with Crippen LogP contribution in [-0.2, 0) is 16.0 Å². The van der Waals surface area contributed by atoms with E-state index in [4.69, 9.17) is 9.72 Å². The fraction of sp³-hybridized carbons (Fsp3) is 0.500. The fourth-order valence-electron chi connectivity index (χ4n) is 7.28. The summed E-state index contributed by atoms with van der Waals surface area (Å²) in [6, 6.07) is 16.3. The minimum absolute atomic E-state index is 0.231. The van der Waals surface area contributed by atoms with Gasteiger partial charge in [-0.2, -0.15) is 0 Å². The average molecular weight is 429 g/mol. The summed E-state index contributed by atoms with van der Waals surface area (Å²) in [7, 11) is 1.71. The van der Waals surface area contributed by atoms with E-state index in [-0.39, 0.29) is 6.10 Å². The zero-order chi connectivity index (χ0) is 21.7. The number of rotatable bonds is 7. The molecule has 0 saturated heterocycles. The van der Waals surface area contributed by atoms with Crippen molar-refractivity contribution in [3.63, 3.8) is 0 Å². The van der Waals surface area contributed by atoms with Gasteiger partial charge >= 0.3 is 0 Å². The average Bonchev–Trinajstić information content (AvgIpc) is 3.20.